The molecule has 2 rings (SSSR count). The van der Waals surface area contributed by atoms with Crippen molar-refractivity contribution >= 4 is 11.8 Å². The normalized spacial score (nSPS) is 12.6. The van der Waals surface area contributed by atoms with Gasteiger partial charge in [0.1, 0.15) is 5.82 Å². The summed E-state index contributed by atoms with van der Waals surface area (Å²) < 4.78 is 2.20. The van der Waals surface area contributed by atoms with Crippen LogP contribution in [0.5, 0.6) is 0 Å². The molecule has 0 saturated heterocycles. The van der Waals surface area contributed by atoms with Crippen LogP contribution in [0.4, 0.5) is 0 Å². The largest absolute Gasteiger partial charge is 0.335 e. The van der Waals surface area contributed by atoms with E-state index in [1.54, 1.807) is 11.8 Å². The van der Waals surface area contributed by atoms with Crippen molar-refractivity contribution in [3.8, 4) is 0 Å². The first-order valence-electron chi connectivity index (χ1n) is 6.59. The molecule has 0 fully saturated rings. The minimum absolute atomic E-state index is 0.309. The molecule has 0 aliphatic heterocycles. The van der Waals surface area contributed by atoms with E-state index < -0.39 is 0 Å². The Bertz CT molecular complexity index is 504. The second-order valence-corrected chi connectivity index (χ2v) is 5.33. The fourth-order valence-electron chi connectivity index (χ4n) is 2.22. The molecule has 0 aliphatic carbocycles. The summed E-state index contributed by atoms with van der Waals surface area (Å²) in [6, 6.07) is 9.06. The van der Waals surface area contributed by atoms with Gasteiger partial charge >= 0.3 is 0 Å². The first-order chi connectivity index (χ1) is 9.28. The molecule has 0 radical (unpaired) electrons. The summed E-state index contributed by atoms with van der Waals surface area (Å²) >= 11 is 1.77. The van der Waals surface area contributed by atoms with Gasteiger partial charge in [0.25, 0.3) is 0 Å². The molecular weight excluding hydrogens is 254 g/mol. The van der Waals surface area contributed by atoms with E-state index in [0.717, 1.165) is 18.8 Å². The number of imidazole rings is 1. The molecule has 0 bridgehead atoms. The van der Waals surface area contributed by atoms with E-state index in [4.69, 9.17) is 0 Å². The van der Waals surface area contributed by atoms with Crippen LogP contribution in [0.25, 0.3) is 0 Å². The van der Waals surface area contributed by atoms with Gasteiger partial charge in [0.05, 0.1) is 0 Å². The molecule has 0 amide bonds. The topological polar surface area (TPSA) is 29.9 Å². The van der Waals surface area contributed by atoms with E-state index >= 15 is 0 Å². The number of benzene rings is 1. The van der Waals surface area contributed by atoms with Gasteiger partial charge < -0.3 is 9.88 Å². The summed E-state index contributed by atoms with van der Waals surface area (Å²) in [5, 5.41) is 3.39. The summed E-state index contributed by atoms with van der Waals surface area (Å²) in [5.41, 5.74) is 1.31. The van der Waals surface area contributed by atoms with E-state index in [1.807, 2.05) is 19.4 Å². The molecule has 1 heterocycles. The Hall–Kier alpha value is -1.26. The fourth-order valence-corrected chi connectivity index (χ4v) is 2.63. The van der Waals surface area contributed by atoms with Crippen LogP contribution < -0.4 is 5.32 Å². The van der Waals surface area contributed by atoms with Gasteiger partial charge in [0, 0.05) is 36.3 Å². The molecule has 1 atom stereocenters. The van der Waals surface area contributed by atoms with Crippen molar-refractivity contribution in [1.82, 2.24) is 14.9 Å². The summed E-state index contributed by atoms with van der Waals surface area (Å²) in [5.74, 6) is 1.13. The number of likely N-dealkylation sites (N-methyl/N-ethyl adjacent to an activating group) is 1. The zero-order valence-electron chi connectivity index (χ0n) is 11.8. The van der Waals surface area contributed by atoms with Crippen molar-refractivity contribution in [2.24, 2.45) is 0 Å². The van der Waals surface area contributed by atoms with Crippen LogP contribution in [0, 0.1) is 0 Å². The highest BCUT2D eigenvalue weighted by Crippen LogP contribution is 2.21. The van der Waals surface area contributed by atoms with Crippen LogP contribution in [-0.4, -0.2) is 22.9 Å². The number of hydrogen-bond acceptors (Lipinski definition) is 3. The molecule has 1 aromatic carbocycles. The van der Waals surface area contributed by atoms with Crippen molar-refractivity contribution < 1.29 is 0 Å². The van der Waals surface area contributed by atoms with E-state index in [-0.39, 0.29) is 0 Å². The van der Waals surface area contributed by atoms with Crippen LogP contribution in [0.3, 0.4) is 0 Å². The summed E-state index contributed by atoms with van der Waals surface area (Å²) in [6.45, 7) is 3.12. The maximum absolute atomic E-state index is 4.45. The van der Waals surface area contributed by atoms with Crippen molar-refractivity contribution in [2.75, 3.05) is 13.3 Å². The summed E-state index contributed by atoms with van der Waals surface area (Å²) in [6.07, 6.45) is 6.93. The zero-order chi connectivity index (χ0) is 13.7. The van der Waals surface area contributed by atoms with Gasteiger partial charge in [-0.2, -0.15) is 0 Å². The monoisotopic (exact) mass is 275 g/mol. The maximum Gasteiger partial charge on any atom is 0.110 e. The maximum atomic E-state index is 4.45. The van der Waals surface area contributed by atoms with Crippen molar-refractivity contribution in [1.29, 1.82) is 0 Å². The molecule has 4 heteroatoms. The lowest BCUT2D eigenvalue weighted by molar-refractivity contribution is 0.553. The van der Waals surface area contributed by atoms with Crippen molar-refractivity contribution in [2.45, 2.75) is 30.8 Å². The highest BCUT2D eigenvalue weighted by Gasteiger charge is 2.13. The summed E-state index contributed by atoms with van der Waals surface area (Å²) in [7, 11) is 2.01. The molecule has 1 aromatic heterocycles. The molecule has 0 spiro atoms. The lowest BCUT2D eigenvalue weighted by Gasteiger charge is -2.17. The highest BCUT2D eigenvalue weighted by atomic mass is 32.2. The lowest BCUT2D eigenvalue weighted by Crippen LogP contribution is -2.20. The zero-order valence-corrected chi connectivity index (χ0v) is 12.6. The second-order valence-electron chi connectivity index (χ2n) is 4.45. The SMILES string of the molecule is CCn1ccnc1CC(NC)c1ccc(SC)cc1. The Labute approximate surface area is 119 Å². The number of nitrogens with zero attached hydrogens (tertiary/aromatic N) is 2. The third-order valence-electron chi connectivity index (χ3n) is 3.40. The molecule has 3 nitrogen and oxygen atoms in total. The van der Waals surface area contributed by atoms with E-state index in [2.05, 4.69) is 52.3 Å². The fraction of sp³-hybridized carbons (Fsp3) is 0.400. The number of aromatic nitrogens is 2. The van der Waals surface area contributed by atoms with Crippen LogP contribution in [0.1, 0.15) is 24.4 Å². The minimum Gasteiger partial charge on any atom is -0.335 e. The Kier molecular flexibility index (Phi) is 5.05. The average molecular weight is 275 g/mol. The molecule has 2 aromatic rings. The quantitative estimate of drug-likeness (QED) is 0.821. The summed E-state index contributed by atoms with van der Waals surface area (Å²) in [4.78, 5) is 5.75. The van der Waals surface area contributed by atoms with E-state index in [1.165, 1.54) is 10.5 Å². The number of thioether (sulfide) groups is 1. The van der Waals surface area contributed by atoms with Gasteiger partial charge in [0.15, 0.2) is 0 Å². The lowest BCUT2D eigenvalue weighted by atomic mass is 10.0. The van der Waals surface area contributed by atoms with Gasteiger partial charge in [-0.1, -0.05) is 12.1 Å². The third kappa shape index (κ3) is 3.39. The highest BCUT2D eigenvalue weighted by molar-refractivity contribution is 7.98. The van der Waals surface area contributed by atoms with Crippen molar-refractivity contribution in [3.05, 3.63) is 48.0 Å². The van der Waals surface area contributed by atoms with Gasteiger partial charge in [-0.3, -0.25) is 0 Å². The van der Waals surface area contributed by atoms with Gasteiger partial charge in [-0.05, 0) is 37.9 Å². The minimum atomic E-state index is 0.309. The van der Waals surface area contributed by atoms with Gasteiger partial charge in [0.2, 0.25) is 0 Å². The van der Waals surface area contributed by atoms with Crippen LogP contribution in [0.2, 0.25) is 0 Å². The Morgan fingerprint density at radius 3 is 2.63 bits per heavy atom. The molecular formula is C15H21N3S. The Morgan fingerprint density at radius 2 is 2.05 bits per heavy atom. The first kappa shape index (κ1) is 14.2. The van der Waals surface area contributed by atoms with Crippen molar-refractivity contribution in [3.63, 3.8) is 0 Å². The second kappa shape index (κ2) is 6.78. The van der Waals surface area contributed by atoms with Crippen LogP contribution in [-0.2, 0) is 13.0 Å². The molecule has 1 N–H and O–H groups in total. The van der Waals surface area contributed by atoms with E-state index in [9.17, 15) is 0 Å². The molecule has 19 heavy (non-hydrogen) atoms. The Balaban J connectivity index is 2.15. The average Bonchev–Trinajstić information content (AvgIpc) is 2.92. The number of nitrogens with one attached hydrogen (secondary N) is 1. The van der Waals surface area contributed by atoms with Crippen LogP contribution in [0.15, 0.2) is 41.6 Å². The third-order valence-corrected chi connectivity index (χ3v) is 4.14. The van der Waals surface area contributed by atoms with Gasteiger partial charge in [-0.15, -0.1) is 11.8 Å². The standard InChI is InChI=1S/C15H21N3S/c1-4-18-10-9-17-15(18)11-14(16-2)12-5-7-13(19-3)8-6-12/h5-10,14,16H,4,11H2,1-3H3. The molecule has 1 unspecified atom stereocenters. The first-order valence-corrected chi connectivity index (χ1v) is 7.82. The Morgan fingerprint density at radius 1 is 1.32 bits per heavy atom. The van der Waals surface area contributed by atoms with Crippen LogP contribution >= 0.6 is 11.8 Å². The smallest absolute Gasteiger partial charge is 0.110 e. The predicted octanol–water partition coefficient (Wildman–Crippen LogP) is 3.13. The number of aryl methyl sites for hydroxylation is 1. The predicted molar refractivity (Wildman–Crippen MR) is 81.6 cm³/mol. The number of hydrogen-bond donors (Lipinski definition) is 1. The number of rotatable bonds is 6. The molecule has 0 saturated carbocycles. The molecule has 0 aliphatic rings. The molecule has 102 valence electrons. The van der Waals surface area contributed by atoms with E-state index in [0.29, 0.717) is 6.04 Å². The van der Waals surface area contributed by atoms with Gasteiger partial charge in [-0.25, -0.2) is 4.98 Å².